The molecular formula is C14H21N3O. The molecule has 4 heteroatoms. The van der Waals surface area contributed by atoms with Gasteiger partial charge in [0.1, 0.15) is 0 Å². The second-order valence-electron chi connectivity index (χ2n) is 4.91. The number of amides is 2. The molecule has 18 heavy (non-hydrogen) atoms. The molecule has 1 saturated carbocycles. The zero-order chi connectivity index (χ0) is 12.8. The summed E-state index contributed by atoms with van der Waals surface area (Å²) in [6.07, 6.45) is 7.17. The Morgan fingerprint density at radius 3 is 2.56 bits per heavy atom. The molecule has 0 unspecified atom stereocenters. The lowest BCUT2D eigenvalue weighted by molar-refractivity contribution is 0.247. The Hall–Kier alpha value is -1.71. The number of urea groups is 1. The van der Waals surface area contributed by atoms with Crippen molar-refractivity contribution in [3.63, 3.8) is 0 Å². The summed E-state index contributed by atoms with van der Waals surface area (Å²) in [5.41, 5.74) is 7.06. The van der Waals surface area contributed by atoms with Gasteiger partial charge in [-0.1, -0.05) is 31.7 Å². The summed E-state index contributed by atoms with van der Waals surface area (Å²) in [7, 11) is 0. The van der Waals surface area contributed by atoms with Gasteiger partial charge in [0.2, 0.25) is 0 Å². The molecule has 1 aliphatic carbocycles. The fourth-order valence-electron chi connectivity index (χ4n) is 2.39. The fraction of sp³-hybridized carbons (Fsp3) is 0.500. The van der Waals surface area contributed by atoms with E-state index >= 15 is 0 Å². The van der Waals surface area contributed by atoms with Gasteiger partial charge in [-0.25, -0.2) is 4.79 Å². The van der Waals surface area contributed by atoms with Crippen LogP contribution in [0.25, 0.3) is 0 Å². The Bertz CT molecular complexity index is 398. The first-order valence-corrected chi connectivity index (χ1v) is 6.67. The predicted octanol–water partition coefficient (Wildman–Crippen LogP) is 3.11. The minimum absolute atomic E-state index is 0.132. The monoisotopic (exact) mass is 247 g/mol. The van der Waals surface area contributed by atoms with Crippen LogP contribution in [0.3, 0.4) is 0 Å². The topological polar surface area (TPSA) is 67.1 Å². The van der Waals surface area contributed by atoms with Gasteiger partial charge >= 0.3 is 6.03 Å². The Kier molecular flexibility index (Phi) is 4.45. The summed E-state index contributed by atoms with van der Waals surface area (Å²) >= 11 is 0. The average molecular weight is 247 g/mol. The molecule has 0 aliphatic heterocycles. The van der Waals surface area contributed by atoms with Crippen LogP contribution in [0, 0.1) is 0 Å². The van der Waals surface area contributed by atoms with Crippen molar-refractivity contribution >= 4 is 17.4 Å². The zero-order valence-electron chi connectivity index (χ0n) is 10.6. The van der Waals surface area contributed by atoms with Crippen LogP contribution in [0.5, 0.6) is 0 Å². The highest BCUT2D eigenvalue weighted by Crippen LogP contribution is 2.17. The molecule has 1 aromatic rings. The van der Waals surface area contributed by atoms with Crippen LogP contribution >= 0.6 is 0 Å². The maximum atomic E-state index is 11.8. The van der Waals surface area contributed by atoms with E-state index in [0.29, 0.717) is 11.7 Å². The number of carbonyl (C=O) groups is 1. The van der Waals surface area contributed by atoms with Crippen molar-refractivity contribution in [2.24, 2.45) is 0 Å². The Labute approximate surface area is 108 Å². The maximum absolute atomic E-state index is 11.8. The van der Waals surface area contributed by atoms with Crippen molar-refractivity contribution in [3.05, 3.63) is 24.3 Å². The van der Waals surface area contributed by atoms with Gasteiger partial charge in [0.25, 0.3) is 0 Å². The lowest BCUT2D eigenvalue weighted by Gasteiger charge is -2.16. The Morgan fingerprint density at radius 1 is 1.17 bits per heavy atom. The van der Waals surface area contributed by atoms with E-state index in [4.69, 9.17) is 5.73 Å². The Morgan fingerprint density at radius 2 is 1.89 bits per heavy atom. The largest absolute Gasteiger partial charge is 0.399 e. The quantitative estimate of drug-likeness (QED) is 0.555. The third kappa shape index (κ3) is 3.95. The van der Waals surface area contributed by atoms with Crippen LogP contribution < -0.4 is 16.4 Å². The van der Waals surface area contributed by atoms with Crippen LogP contribution in [0.1, 0.15) is 38.5 Å². The smallest absolute Gasteiger partial charge is 0.319 e. The van der Waals surface area contributed by atoms with Gasteiger partial charge in [-0.2, -0.15) is 0 Å². The van der Waals surface area contributed by atoms with Gasteiger partial charge in [-0.05, 0) is 31.0 Å². The van der Waals surface area contributed by atoms with Gasteiger partial charge in [-0.15, -0.1) is 0 Å². The van der Waals surface area contributed by atoms with Crippen molar-refractivity contribution in [1.29, 1.82) is 0 Å². The summed E-state index contributed by atoms with van der Waals surface area (Å²) in [4.78, 5) is 11.8. The van der Waals surface area contributed by atoms with Crippen LogP contribution in [-0.2, 0) is 0 Å². The second-order valence-corrected chi connectivity index (χ2v) is 4.91. The van der Waals surface area contributed by atoms with E-state index < -0.39 is 0 Å². The molecule has 0 heterocycles. The van der Waals surface area contributed by atoms with Crippen molar-refractivity contribution in [2.45, 2.75) is 44.6 Å². The molecule has 0 bridgehead atoms. The number of nitrogens with two attached hydrogens (primary N) is 1. The molecule has 0 atom stereocenters. The highest BCUT2D eigenvalue weighted by atomic mass is 16.2. The predicted molar refractivity (Wildman–Crippen MR) is 74.5 cm³/mol. The summed E-state index contributed by atoms with van der Waals surface area (Å²) in [6, 6.07) is 7.40. The van der Waals surface area contributed by atoms with E-state index in [9.17, 15) is 4.79 Å². The van der Waals surface area contributed by atoms with Crippen molar-refractivity contribution in [2.75, 3.05) is 11.1 Å². The lowest BCUT2D eigenvalue weighted by Crippen LogP contribution is -2.37. The first-order chi connectivity index (χ1) is 8.74. The molecular weight excluding hydrogens is 226 g/mol. The van der Waals surface area contributed by atoms with Gasteiger partial charge in [0.15, 0.2) is 0 Å². The van der Waals surface area contributed by atoms with Crippen LogP contribution in [0.4, 0.5) is 16.2 Å². The first kappa shape index (κ1) is 12.7. The minimum Gasteiger partial charge on any atom is -0.399 e. The van der Waals surface area contributed by atoms with E-state index in [1.807, 2.05) is 12.1 Å². The number of nitrogen functional groups attached to an aromatic ring is 1. The van der Waals surface area contributed by atoms with E-state index in [0.717, 1.165) is 18.5 Å². The molecule has 0 radical (unpaired) electrons. The van der Waals surface area contributed by atoms with Crippen LogP contribution in [0.15, 0.2) is 24.3 Å². The molecule has 2 amide bonds. The van der Waals surface area contributed by atoms with Crippen molar-refractivity contribution in [3.8, 4) is 0 Å². The first-order valence-electron chi connectivity index (χ1n) is 6.67. The molecule has 4 N–H and O–H groups in total. The number of nitrogens with one attached hydrogen (secondary N) is 2. The highest BCUT2D eigenvalue weighted by molar-refractivity contribution is 5.89. The summed E-state index contributed by atoms with van der Waals surface area (Å²) in [6.45, 7) is 0. The number of hydrogen-bond donors (Lipinski definition) is 3. The number of rotatable bonds is 2. The molecule has 98 valence electrons. The number of anilines is 2. The van der Waals surface area contributed by atoms with Crippen LogP contribution in [-0.4, -0.2) is 12.1 Å². The van der Waals surface area contributed by atoms with Gasteiger partial charge in [0, 0.05) is 17.4 Å². The van der Waals surface area contributed by atoms with Gasteiger partial charge in [0.05, 0.1) is 0 Å². The highest BCUT2D eigenvalue weighted by Gasteiger charge is 2.14. The summed E-state index contributed by atoms with van der Waals surface area (Å²) in [5, 5.41) is 5.86. The molecule has 0 saturated heterocycles. The average Bonchev–Trinajstić information content (AvgIpc) is 2.57. The minimum atomic E-state index is -0.132. The van der Waals surface area contributed by atoms with E-state index in [1.54, 1.807) is 12.1 Å². The van der Waals surface area contributed by atoms with Crippen molar-refractivity contribution < 1.29 is 4.79 Å². The zero-order valence-corrected chi connectivity index (χ0v) is 10.6. The summed E-state index contributed by atoms with van der Waals surface area (Å²) in [5.74, 6) is 0. The second kappa shape index (κ2) is 6.28. The van der Waals surface area contributed by atoms with E-state index in [1.165, 1.54) is 25.7 Å². The number of carbonyl (C=O) groups excluding carboxylic acids is 1. The van der Waals surface area contributed by atoms with Crippen LogP contribution in [0.2, 0.25) is 0 Å². The molecule has 4 nitrogen and oxygen atoms in total. The Balaban J connectivity index is 1.84. The molecule has 1 aliphatic rings. The normalized spacial score (nSPS) is 16.9. The standard InChI is InChI=1S/C14H21N3O/c15-11-6-5-9-13(10-11)17-14(18)16-12-7-3-1-2-4-8-12/h5-6,9-10,12H,1-4,7-8,15H2,(H2,16,17,18). The van der Waals surface area contributed by atoms with Gasteiger partial charge < -0.3 is 16.4 Å². The van der Waals surface area contributed by atoms with E-state index in [-0.39, 0.29) is 6.03 Å². The number of hydrogen-bond acceptors (Lipinski definition) is 2. The summed E-state index contributed by atoms with van der Waals surface area (Å²) < 4.78 is 0. The molecule has 0 spiro atoms. The molecule has 1 aromatic carbocycles. The third-order valence-corrected chi connectivity index (χ3v) is 3.33. The van der Waals surface area contributed by atoms with Crippen molar-refractivity contribution in [1.82, 2.24) is 5.32 Å². The molecule has 0 aromatic heterocycles. The van der Waals surface area contributed by atoms with Gasteiger partial charge in [-0.3, -0.25) is 0 Å². The number of benzene rings is 1. The molecule has 2 rings (SSSR count). The SMILES string of the molecule is Nc1cccc(NC(=O)NC2CCCCCC2)c1. The van der Waals surface area contributed by atoms with E-state index in [2.05, 4.69) is 10.6 Å². The molecule has 1 fully saturated rings. The lowest BCUT2D eigenvalue weighted by atomic mass is 10.1. The maximum Gasteiger partial charge on any atom is 0.319 e. The fourth-order valence-corrected chi connectivity index (χ4v) is 2.39. The third-order valence-electron chi connectivity index (χ3n) is 3.33.